The summed E-state index contributed by atoms with van der Waals surface area (Å²) < 4.78 is 37.4. The molecule has 2 rings (SSSR count). The zero-order valence-electron chi connectivity index (χ0n) is 11.7. The minimum atomic E-state index is -4.27. The summed E-state index contributed by atoms with van der Waals surface area (Å²) in [7, 11) is 4.14. The predicted octanol–water partition coefficient (Wildman–Crippen LogP) is 2.96. The van der Waals surface area contributed by atoms with E-state index in [1.54, 1.807) is 0 Å². The molecule has 20 heavy (non-hydrogen) atoms. The lowest BCUT2D eigenvalue weighted by Crippen LogP contribution is -2.48. The molecule has 0 bridgehead atoms. The molecule has 0 aromatic heterocycles. The first-order chi connectivity index (χ1) is 9.36. The summed E-state index contributed by atoms with van der Waals surface area (Å²) in [6, 6.07) is 5.56. The number of piperazine rings is 1. The molecule has 1 atom stereocenters. The Bertz CT molecular complexity index is 465. The lowest BCUT2D eigenvalue weighted by molar-refractivity contribution is -0.137. The van der Waals surface area contributed by atoms with Crippen LogP contribution in [0.15, 0.2) is 30.3 Å². The fourth-order valence-electron chi connectivity index (χ4n) is 2.26. The van der Waals surface area contributed by atoms with Gasteiger partial charge in [0, 0.05) is 25.7 Å². The summed E-state index contributed by atoms with van der Waals surface area (Å²) in [6.45, 7) is 2.98. The zero-order chi connectivity index (χ0) is 14.8. The van der Waals surface area contributed by atoms with Crippen LogP contribution in [0, 0.1) is 0 Å². The molecule has 0 radical (unpaired) electrons. The van der Waals surface area contributed by atoms with Crippen molar-refractivity contribution >= 4 is 6.08 Å². The second kappa shape index (κ2) is 5.97. The number of likely N-dealkylation sites (N-methyl/N-ethyl adjacent to an activating group) is 2. The minimum Gasteiger partial charge on any atom is -0.303 e. The van der Waals surface area contributed by atoms with Crippen molar-refractivity contribution in [1.29, 1.82) is 0 Å². The highest BCUT2D eigenvalue weighted by atomic mass is 19.4. The molecule has 0 spiro atoms. The van der Waals surface area contributed by atoms with Gasteiger partial charge in [-0.25, -0.2) is 0 Å². The molecular weight excluding hydrogens is 265 g/mol. The van der Waals surface area contributed by atoms with Crippen molar-refractivity contribution in [1.82, 2.24) is 9.80 Å². The SMILES string of the molecule is CN1CCN(C)C(C=Cc2ccc(C(F)(F)F)cc2)C1. The molecule has 0 amide bonds. The third-order valence-electron chi connectivity index (χ3n) is 3.65. The third-order valence-corrected chi connectivity index (χ3v) is 3.65. The molecule has 1 aromatic carbocycles. The molecular formula is C15H19F3N2. The van der Waals surface area contributed by atoms with Gasteiger partial charge in [0.2, 0.25) is 0 Å². The maximum Gasteiger partial charge on any atom is 0.416 e. The predicted molar refractivity (Wildman–Crippen MR) is 74.4 cm³/mol. The van der Waals surface area contributed by atoms with E-state index in [1.165, 1.54) is 12.1 Å². The quantitative estimate of drug-likeness (QED) is 0.824. The van der Waals surface area contributed by atoms with Crippen LogP contribution in [0.25, 0.3) is 6.08 Å². The van der Waals surface area contributed by atoms with Crippen molar-refractivity contribution in [2.75, 3.05) is 33.7 Å². The molecule has 1 aliphatic heterocycles. The van der Waals surface area contributed by atoms with Gasteiger partial charge in [0.25, 0.3) is 0 Å². The lowest BCUT2D eigenvalue weighted by atomic mass is 10.1. The fraction of sp³-hybridized carbons (Fsp3) is 0.467. The Kier molecular flexibility index (Phi) is 4.50. The average Bonchev–Trinajstić information content (AvgIpc) is 2.39. The van der Waals surface area contributed by atoms with Crippen LogP contribution in [-0.4, -0.2) is 49.6 Å². The number of hydrogen-bond acceptors (Lipinski definition) is 2. The molecule has 1 heterocycles. The lowest BCUT2D eigenvalue weighted by Gasteiger charge is -2.36. The van der Waals surface area contributed by atoms with Gasteiger partial charge in [-0.3, -0.25) is 4.90 Å². The highest BCUT2D eigenvalue weighted by molar-refractivity contribution is 5.50. The summed E-state index contributed by atoms with van der Waals surface area (Å²) in [5, 5.41) is 0. The van der Waals surface area contributed by atoms with Gasteiger partial charge in [0.1, 0.15) is 0 Å². The number of nitrogens with zero attached hydrogens (tertiary/aromatic N) is 2. The van der Waals surface area contributed by atoms with Crippen molar-refractivity contribution in [3.05, 3.63) is 41.5 Å². The van der Waals surface area contributed by atoms with E-state index in [9.17, 15) is 13.2 Å². The Balaban J connectivity index is 2.04. The highest BCUT2D eigenvalue weighted by Crippen LogP contribution is 2.29. The Labute approximate surface area is 117 Å². The van der Waals surface area contributed by atoms with Crippen LogP contribution >= 0.6 is 0 Å². The normalized spacial score (nSPS) is 22.6. The van der Waals surface area contributed by atoms with Crippen LogP contribution in [-0.2, 0) is 6.18 Å². The van der Waals surface area contributed by atoms with Gasteiger partial charge >= 0.3 is 6.18 Å². The number of hydrogen-bond donors (Lipinski definition) is 0. The highest BCUT2D eigenvalue weighted by Gasteiger charge is 2.29. The smallest absolute Gasteiger partial charge is 0.303 e. The Hall–Kier alpha value is -1.33. The Morgan fingerprint density at radius 3 is 2.35 bits per heavy atom. The van der Waals surface area contributed by atoms with Gasteiger partial charge in [-0.15, -0.1) is 0 Å². The topological polar surface area (TPSA) is 6.48 Å². The molecule has 0 N–H and O–H groups in total. The number of rotatable bonds is 2. The molecule has 0 saturated carbocycles. The van der Waals surface area contributed by atoms with E-state index >= 15 is 0 Å². The molecule has 110 valence electrons. The summed E-state index contributed by atoms with van der Waals surface area (Å²) >= 11 is 0. The van der Waals surface area contributed by atoms with Crippen LogP contribution in [0.3, 0.4) is 0 Å². The standard InChI is InChI=1S/C15H19F3N2/c1-19-9-10-20(2)14(11-19)8-5-12-3-6-13(7-4-12)15(16,17)18/h3-8,14H,9-11H2,1-2H3. The van der Waals surface area contributed by atoms with Crippen LogP contribution in [0.2, 0.25) is 0 Å². The van der Waals surface area contributed by atoms with Crippen LogP contribution in [0.1, 0.15) is 11.1 Å². The van der Waals surface area contributed by atoms with Crippen LogP contribution in [0.5, 0.6) is 0 Å². The summed E-state index contributed by atoms with van der Waals surface area (Å²) in [5.74, 6) is 0. The van der Waals surface area contributed by atoms with Gasteiger partial charge in [0.05, 0.1) is 5.56 Å². The van der Waals surface area contributed by atoms with Gasteiger partial charge in [0.15, 0.2) is 0 Å². The zero-order valence-corrected chi connectivity index (χ0v) is 11.7. The molecule has 1 saturated heterocycles. The number of halogens is 3. The summed E-state index contributed by atoms with van der Waals surface area (Å²) in [4.78, 5) is 4.50. The van der Waals surface area contributed by atoms with E-state index in [0.29, 0.717) is 6.04 Å². The molecule has 0 aliphatic carbocycles. The number of alkyl halides is 3. The first-order valence-corrected chi connectivity index (χ1v) is 6.60. The Morgan fingerprint density at radius 2 is 1.75 bits per heavy atom. The summed E-state index contributed by atoms with van der Waals surface area (Å²) in [6.07, 6.45) is -0.326. The van der Waals surface area contributed by atoms with E-state index < -0.39 is 11.7 Å². The van der Waals surface area contributed by atoms with Gasteiger partial charge in [-0.2, -0.15) is 13.2 Å². The average molecular weight is 284 g/mol. The first kappa shape index (κ1) is 15.1. The van der Waals surface area contributed by atoms with E-state index in [0.717, 1.165) is 37.3 Å². The number of benzene rings is 1. The van der Waals surface area contributed by atoms with Crippen molar-refractivity contribution < 1.29 is 13.2 Å². The molecule has 2 nitrogen and oxygen atoms in total. The molecule has 5 heteroatoms. The van der Waals surface area contributed by atoms with Gasteiger partial charge in [-0.05, 0) is 31.8 Å². The van der Waals surface area contributed by atoms with Crippen LogP contribution in [0.4, 0.5) is 13.2 Å². The maximum atomic E-state index is 12.5. The summed E-state index contributed by atoms with van der Waals surface area (Å²) in [5.41, 5.74) is 0.184. The van der Waals surface area contributed by atoms with E-state index in [1.807, 2.05) is 6.08 Å². The van der Waals surface area contributed by atoms with E-state index in [4.69, 9.17) is 0 Å². The first-order valence-electron chi connectivity index (χ1n) is 6.60. The second-order valence-electron chi connectivity index (χ2n) is 5.29. The van der Waals surface area contributed by atoms with Crippen LogP contribution < -0.4 is 0 Å². The largest absolute Gasteiger partial charge is 0.416 e. The monoisotopic (exact) mass is 284 g/mol. The van der Waals surface area contributed by atoms with Gasteiger partial charge in [-0.1, -0.05) is 24.3 Å². The Morgan fingerprint density at radius 1 is 1.10 bits per heavy atom. The van der Waals surface area contributed by atoms with E-state index in [-0.39, 0.29) is 0 Å². The molecule has 1 aliphatic rings. The third kappa shape index (κ3) is 3.84. The maximum absolute atomic E-state index is 12.5. The van der Waals surface area contributed by atoms with Gasteiger partial charge < -0.3 is 4.90 Å². The fourth-order valence-corrected chi connectivity index (χ4v) is 2.26. The van der Waals surface area contributed by atoms with Crippen molar-refractivity contribution in [3.8, 4) is 0 Å². The van der Waals surface area contributed by atoms with Crippen molar-refractivity contribution in [2.45, 2.75) is 12.2 Å². The second-order valence-corrected chi connectivity index (χ2v) is 5.29. The van der Waals surface area contributed by atoms with Crippen molar-refractivity contribution in [2.24, 2.45) is 0 Å². The minimum absolute atomic E-state index is 0.302. The molecule has 1 unspecified atom stereocenters. The van der Waals surface area contributed by atoms with E-state index in [2.05, 4.69) is 30.0 Å². The van der Waals surface area contributed by atoms with Crippen molar-refractivity contribution in [3.63, 3.8) is 0 Å². The molecule has 1 fully saturated rings. The molecule has 1 aromatic rings.